The highest BCUT2D eigenvalue weighted by atomic mass is 19.1. The van der Waals surface area contributed by atoms with Crippen LogP contribution in [0.4, 0.5) is 4.39 Å². The fourth-order valence-electron chi connectivity index (χ4n) is 0.949. The van der Waals surface area contributed by atoms with Crippen LogP contribution in [0.1, 0.15) is 22.3 Å². The van der Waals surface area contributed by atoms with Gasteiger partial charge in [-0.15, -0.1) is 0 Å². The Morgan fingerprint density at radius 1 is 1.62 bits per heavy atom. The maximum atomic E-state index is 12.9. The van der Waals surface area contributed by atoms with E-state index in [4.69, 9.17) is 5.11 Å². The smallest absolute Gasteiger partial charge is 0.335 e. The van der Waals surface area contributed by atoms with Gasteiger partial charge in [0.05, 0.1) is 5.56 Å². The van der Waals surface area contributed by atoms with E-state index in [1.807, 2.05) is 0 Å². The molecule has 0 radical (unpaired) electrons. The third-order valence-corrected chi connectivity index (χ3v) is 1.60. The van der Waals surface area contributed by atoms with Crippen LogP contribution >= 0.6 is 0 Å². The average Bonchev–Trinajstić information content (AvgIpc) is 2.17. The van der Waals surface area contributed by atoms with E-state index in [0.29, 0.717) is 0 Å². The number of rotatable bonds is 3. The number of methoxy groups -OCH3 is 1. The Bertz CT molecular complexity index is 311. The average molecular weight is 184 g/mol. The van der Waals surface area contributed by atoms with E-state index < -0.39 is 12.3 Å². The quantitative estimate of drug-likeness (QED) is 0.781. The number of alkyl halides is 1. The molecule has 0 spiro atoms. The lowest BCUT2D eigenvalue weighted by atomic mass is 10.1. The van der Waals surface area contributed by atoms with Gasteiger partial charge in [-0.25, -0.2) is 9.18 Å². The van der Waals surface area contributed by atoms with Gasteiger partial charge in [-0.3, -0.25) is 0 Å². The molecule has 0 aromatic heterocycles. The molecule has 0 aliphatic heterocycles. The summed E-state index contributed by atoms with van der Waals surface area (Å²) < 4.78 is 17.3. The number of halogens is 1. The Morgan fingerprint density at radius 2 is 2.31 bits per heavy atom. The van der Waals surface area contributed by atoms with Gasteiger partial charge in [-0.1, -0.05) is 12.1 Å². The fourth-order valence-corrected chi connectivity index (χ4v) is 0.949. The Kier molecular flexibility index (Phi) is 2.97. The number of aromatic carboxylic acids is 1. The van der Waals surface area contributed by atoms with Crippen LogP contribution in [0.2, 0.25) is 0 Å². The SMILES string of the molecule is COC(F)c1cccc(C(=O)O)c1. The van der Waals surface area contributed by atoms with E-state index in [2.05, 4.69) is 4.74 Å². The molecule has 1 aromatic rings. The lowest BCUT2D eigenvalue weighted by Crippen LogP contribution is -1.99. The molecule has 70 valence electrons. The molecule has 1 aromatic carbocycles. The molecule has 3 nitrogen and oxygen atoms in total. The first-order valence-electron chi connectivity index (χ1n) is 3.65. The lowest BCUT2D eigenvalue weighted by molar-refractivity contribution is -0.00665. The number of hydrogen-bond acceptors (Lipinski definition) is 2. The van der Waals surface area contributed by atoms with Gasteiger partial charge in [0.2, 0.25) is 6.36 Å². The van der Waals surface area contributed by atoms with Crippen molar-refractivity contribution in [1.29, 1.82) is 0 Å². The van der Waals surface area contributed by atoms with E-state index in [9.17, 15) is 9.18 Å². The molecular formula is C9H9FO3. The molecule has 0 fully saturated rings. The summed E-state index contributed by atoms with van der Waals surface area (Å²) in [5.41, 5.74) is 0.264. The number of carboxylic acid groups (broad SMARTS) is 1. The summed E-state index contributed by atoms with van der Waals surface area (Å²) in [5, 5.41) is 8.60. The van der Waals surface area contributed by atoms with E-state index in [1.54, 1.807) is 0 Å². The zero-order valence-electron chi connectivity index (χ0n) is 7.03. The Morgan fingerprint density at radius 3 is 2.85 bits per heavy atom. The molecule has 0 saturated carbocycles. The molecule has 0 bridgehead atoms. The first-order valence-corrected chi connectivity index (χ1v) is 3.65. The van der Waals surface area contributed by atoms with Crippen LogP contribution in [0.5, 0.6) is 0 Å². The highest BCUT2D eigenvalue weighted by Gasteiger charge is 2.10. The molecule has 4 heteroatoms. The van der Waals surface area contributed by atoms with Gasteiger partial charge < -0.3 is 9.84 Å². The van der Waals surface area contributed by atoms with Gasteiger partial charge in [-0.05, 0) is 12.1 Å². The fraction of sp³-hybridized carbons (Fsp3) is 0.222. The topological polar surface area (TPSA) is 46.5 Å². The highest BCUT2D eigenvalue weighted by Crippen LogP contribution is 2.18. The van der Waals surface area contributed by atoms with Crippen LogP contribution in [-0.4, -0.2) is 18.2 Å². The third-order valence-electron chi connectivity index (χ3n) is 1.60. The Balaban J connectivity index is 2.98. The van der Waals surface area contributed by atoms with Gasteiger partial charge in [-0.2, -0.15) is 0 Å². The monoisotopic (exact) mass is 184 g/mol. The van der Waals surface area contributed by atoms with E-state index in [0.717, 1.165) is 0 Å². The first-order chi connectivity index (χ1) is 6.15. The molecule has 0 saturated heterocycles. The van der Waals surface area contributed by atoms with Gasteiger partial charge in [0.25, 0.3) is 0 Å². The summed E-state index contributed by atoms with van der Waals surface area (Å²) in [6, 6.07) is 5.59. The van der Waals surface area contributed by atoms with Crippen molar-refractivity contribution in [3.8, 4) is 0 Å². The van der Waals surface area contributed by atoms with Crippen LogP contribution in [0, 0.1) is 0 Å². The molecule has 1 rings (SSSR count). The Hall–Kier alpha value is -1.42. The molecule has 1 atom stereocenters. The largest absolute Gasteiger partial charge is 0.478 e. The number of carbonyl (C=O) groups is 1. The number of benzene rings is 1. The van der Waals surface area contributed by atoms with E-state index in [1.165, 1.54) is 31.4 Å². The third kappa shape index (κ3) is 2.26. The van der Waals surface area contributed by atoms with Crippen LogP contribution in [0.15, 0.2) is 24.3 Å². The molecule has 1 unspecified atom stereocenters. The normalized spacial score (nSPS) is 12.5. The number of hydrogen-bond donors (Lipinski definition) is 1. The number of carboxylic acids is 1. The summed E-state index contributed by atoms with van der Waals surface area (Å²) in [6.45, 7) is 0. The van der Waals surface area contributed by atoms with Gasteiger partial charge in [0, 0.05) is 12.7 Å². The molecular weight excluding hydrogens is 175 g/mol. The van der Waals surface area contributed by atoms with Gasteiger partial charge in [0.15, 0.2) is 0 Å². The summed E-state index contributed by atoms with van der Waals surface area (Å²) in [7, 11) is 1.22. The van der Waals surface area contributed by atoms with Crippen LogP contribution in [0.3, 0.4) is 0 Å². The predicted molar refractivity (Wildman–Crippen MR) is 44.3 cm³/mol. The molecule has 0 heterocycles. The van der Waals surface area contributed by atoms with Crippen molar-refractivity contribution >= 4 is 5.97 Å². The van der Waals surface area contributed by atoms with E-state index >= 15 is 0 Å². The lowest BCUT2D eigenvalue weighted by Gasteiger charge is -2.06. The van der Waals surface area contributed by atoms with Crippen molar-refractivity contribution in [1.82, 2.24) is 0 Å². The van der Waals surface area contributed by atoms with Crippen molar-refractivity contribution in [2.75, 3.05) is 7.11 Å². The van der Waals surface area contributed by atoms with Gasteiger partial charge >= 0.3 is 5.97 Å². The van der Waals surface area contributed by atoms with Crippen LogP contribution in [0.25, 0.3) is 0 Å². The van der Waals surface area contributed by atoms with Crippen molar-refractivity contribution in [2.45, 2.75) is 6.36 Å². The molecule has 1 N–H and O–H groups in total. The highest BCUT2D eigenvalue weighted by molar-refractivity contribution is 5.87. The van der Waals surface area contributed by atoms with Crippen LogP contribution in [-0.2, 0) is 4.74 Å². The van der Waals surface area contributed by atoms with Crippen LogP contribution < -0.4 is 0 Å². The summed E-state index contributed by atoms with van der Waals surface area (Å²) >= 11 is 0. The van der Waals surface area contributed by atoms with Crippen molar-refractivity contribution in [3.63, 3.8) is 0 Å². The second kappa shape index (κ2) is 4.00. The number of ether oxygens (including phenoxy) is 1. The first kappa shape index (κ1) is 9.67. The zero-order valence-corrected chi connectivity index (χ0v) is 7.03. The van der Waals surface area contributed by atoms with E-state index in [-0.39, 0.29) is 11.1 Å². The maximum Gasteiger partial charge on any atom is 0.335 e. The second-order valence-electron chi connectivity index (χ2n) is 2.48. The predicted octanol–water partition coefficient (Wildman–Crippen LogP) is 2.00. The minimum Gasteiger partial charge on any atom is -0.478 e. The zero-order chi connectivity index (χ0) is 9.84. The standard InChI is InChI=1S/C9H9FO3/c1-13-8(10)6-3-2-4-7(5-6)9(11)12/h2-5,8H,1H3,(H,11,12). The maximum absolute atomic E-state index is 12.9. The van der Waals surface area contributed by atoms with Crippen molar-refractivity contribution in [2.24, 2.45) is 0 Å². The molecule has 13 heavy (non-hydrogen) atoms. The second-order valence-corrected chi connectivity index (χ2v) is 2.48. The summed E-state index contributed by atoms with van der Waals surface area (Å²) in [5.74, 6) is -1.08. The summed E-state index contributed by atoms with van der Waals surface area (Å²) in [4.78, 5) is 10.5. The van der Waals surface area contributed by atoms with Crippen molar-refractivity contribution in [3.05, 3.63) is 35.4 Å². The molecule has 0 aliphatic rings. The molecule has 0 amide bonds. The van der Waals surface area contributed by atoms with Crippen molar-refractivity contribution < 1.29 is 19.0 Å². The summed E-state index contributed by atoms with van der Waals surface area (Å²) in [6.07, 6.45) is -1.57. The minimum atomic E-state index is -1.57. The Labute approximate surface area is 74.8 Å². The van der Waals surface area contributed by atoms with Gasteiger partial charge in [0.1, 0.15) is 0 Å². The minimum absolute atomic E-state index is 0.0530. The molecule has 0 aliphatic carbocycles.